The Morgan fingerprint density at radius 1 is 0.391 bits per heavy atom. The summed E-state index contributed by atoms with van der Waals surface area (Å²) >= 11 is 0. The normalized spacial score (nSPS) is 12.8. The summed E-state index contributed by atoms with van der Waals surface area (Å²) in [7, 11) is -2.06. The van der Waals surface area contributed by atoms with E-state index in [0.29, 0.717) is 0 Å². The average Bonchev–Trinajstić information content (AvgIpc) is 2.57. The third-order valence-corrected chi connectivity index (χ3v) is 29.4. The highest BCUT2D eigenvalue weighted by Crippen LogP contribution is 2.42. The average molecular weight is 357 g/mol. The van der Waals surface area contributed by atoms with Gasteiger partial charge in [0.2, 0.25) is 0 Å². The molecule has 0 N–H and O–H groups in total. The molecule has 0 fully saturated rings. The zero-order chi connectivity index (χ0) is 17.6. The molecule has 23 heavy (non-hydrogen) atoms. The molecule has 0 aromatic heterocycles. The second kappa shape index (κ2) is 13.7. The van der Waals surface area contributed by atoms with Gasteiger partial charge in [0.15, 0.2) is 0 Å². The third-order valence-electron chi connectivity index (χ3n) is 6.93. The predicted molar refractivity (Wildman–Crippen MR) is 116 cm³/mol. The maximum Gasteiger partial charge on any atom is 0.0478 e. The Hall–Kier alpha value is 0.434. The summed E-state index contributed by atoms with van der Waals surface area (Å²) in [6, 6.07) is 9.81. The molecule has 0 rings (SSSR count). The zero-order valence-corrected chi connectivity index (χ0v) is 19.6. The molecule has 2 heteroatoms. The largest absolute Gasteiger partial charge is 0.0680 e. The molecule has 0 aromatic carbocycles. The molecule has 0 aliphatic heterocycles. The van der Waals surface area contributed by atoms with Crippen LogP contribution in [0.3, 0.4) is 0 Å². The van der Waals surface area contributed by atoms with Crippen molar-refractivity contribution in [1.29, 1.82) is 0 Å². The van der Waals surface area contributed by atoms with E-state index >= 15 is 0 Å². The van der Waals surface area contributed by atoms with Crippen LogP contribution in [0.25, 0.3) is 0 Å². The van der Waals surface area contributed by atoms with Crippen LogP contribution < -0.4 is 0 Å². The summed E-state index contributed by atoms with van der Waals surface area (Å²) in [5.41, 5.74) is 0. The number of unbranched alkanes of at least 4 members (excludes halogenated alkanes) is 6. The first-order chi connectivity index (χ1) is 11.1. The third kappa shape index (κ3) is 7.06. The van der Waals surface area contributed by atoms with Crippen LogP contribution in [0.2, 0.25) is 36.3 Å². The first kappa shape index (κ1) is 23.4. The van der Waals surface area contributed by atoms with E-state index < -0.39 is 15.2 Å². The lowest BCUT2D eigenvalue weighted by Gasteiger charge is -2.49. The Morgan fingerprint density at radius 3 is 0.913 bits per heavy atom. The van der Waals surface area contributed by atoms with Crippen molar-refractivity contribution in [1.82, 2.24) is 0 Å². The van der Waals surface area contributed by atoms with E-state index in [0.717, 1.165) is 0 Å². The smallest absolute Gasteiger partial charge is 0.0478 e. The van der Waals surface area contributed by atoms with Gasteiger partial charge < -0.3 is 0 Å². The van der Waals surface area contributed by atoms with Gasteiger partial charge in [-0.2, -0.15) is 0 Å². The number of rotatable bonds is 16. The molecule has 0 amide bonds. The minimum Gasteiger partial charge on any atom is -0.0680 e. The zero-order valence-electron chi connectivity index (χ0n) is 17.6. The molecular formula is C21H48Si2. The van der Waals surface area contributed by atoms with Crippen molar-refractivity contribution >= 4 is 15.2 Å². The molecule has 0 radical (unpaired) electrons. The summed E-state index contributed by atoms with van der Waals surface area (Å²) in [6.45, 7) is 14.8. The topological polar surface area (TPSA) is 0 Å². The lowest BCUT2D eigenvalue weighted by Crippen LogP contribution is -2.61. The standard InChI is InChI=1S/C21H48Si2/c1-7-13-16-19-23(20-17-14-8-2,21-18-15-9-3)22(10-4,11-5)12-6/h7-21H2,1-6H3. The van der Waals surface area contributed by atoms with E-state index in [2.05, 4.69) is 41.5 Å². The van der Waals surface area contributed by atoms with E-state index in [9.17, 15) is 0 Å². The summed E-state index contributed by atoms with van der Waals surface area (Å²) in [6.07, 6.45) is 13.3. The fourth-order valence-corrected chi connectivity index (χ4v) is 27.2. The van der Waals surface area contributed by atoms with E-state index in [1.54, 1.807) is 55.5 Å². The monoisotopic (exact) mass is 356 g/mol. The molecule has 0 bridgehead atoms. The lowest BCUT2D eigenvalue weighted by atomic mass is 10.3. The molecule has 140 valence electrons. The summed E-state index contributed by atoms with van der Waals surface area (Å²) in [5.74, 6) is 0. The molecule has 0 aliphatic carbocycles. The fraction of sp³-hybridized carbons (Fsp3) is 1.00. The highest BCUT2D eigenvalue weighted by molar-refractivity contribution is 7.42. The molecule has 0 heterocycles. The maximum atomic E-state index is 2.57. The molecule has 0 nitrogen and oxygen atoms in total. The van der Waals surface area contributed by atoms with Crippen LogP contribution in [0.4, 0.5) is 0 Å². The Morgan fingerprint density at radius 2 is 0.696 bits per heavy atom. The first-order valence-electron chi connectivity index (χ1n) is 11.1. The Bertz CT molecular complexity index is 224. The van der Waals surface area contributed by atoms with Crippen molar-refractivity contribution in [2.75, 3.05) is 0 Å². The molecule has 0 unspecified atom stereocenters. The molecule has 0 aromatic rings. The van der Waals surface area contributed by atoms with Gasteiger partial charge in [-0.15, -0.1) is 0 Å². The highest BCUT2D eigenvalue weighted by atomic mass is 29.3. The van der Waals surface area contributed by atoms with Crippen LogP contribution in [0, 0.1) is 0 Å². The maximum absolute atomic E-state index is 2.57. The quantitative estimate of drug-likeness (QED) is 0.192. The van der Waals surface area contributed by atoms with Crippen LogP contribution in [0.15, 0.2) is 0 Å². The van der Waals surface area contributed by atoms with Gasteiger partial charge in [0.05, 0.1) is 0 Å². The van der Waals surface area contributed by atoms with Gasteiger partial charge in [0.1, 0.15) is 0 Å². The van der Waals surface area contributed by atoms with E-state index in [1.165, 1.54) is 38.5 Å². The van der Waals surface area contributed by atoms with Crippen molar-refractivity contribution in [2.24, 2.45) is 0 Å². The summed E-state index contributed by atoms with van der Waals surface area (Å²) < 4.78 is 0. The number of hydrogen-bond acceptors (Lipinski definition) is 0. The number of hydrogen-bond donors (Lipinski definition) is 0. The fourth-order valence-electron chi connectivity index (χ4n) is 5.19. The molecule has 0 spiro atoms. The van der Waals surface area contributed by atoms with Gasteiger partial charge in [-0.3, -0.25) is 0 Å². The van der Waals surface area contributed by atoms with Crippen LogP contribution >= 0.6 is 0 Å². The predicted octanol–water partition coefficient (Wildman–Crippen LogP) is 8.59. The van der Waals surface area contributed by atoms with Gasteiger partial charge in [-0.05, 0) is 0 Å². The van der Waals surface area contributed by atoms with Crippen LogP contribution in [-0.4, -0.2) is 15.2 Å². The summed E-state index contributed by atoms with van der Waals surface area (Å²) in [5, 5.41) is 0. The van der Waals surface area contributed by atoms with Gasteiger partial charge in [0, 0.05) is 15.2 Å². The summed E-state index contributed by atoms with van der Waals surface area (Å²) in [4.78, 5) is 0. The van der Waals surface area contributed by atoms with Crippen LogP contribution in [0.5, 0.6) is 0 Å². The Kier molecular flexibility index (Phi) is 14.0. The van der Waals surface area contributed by atoms with Crippen molar-refractivity contribution in [3.8, 4) is 0 Å². The van der Waals surface area contributed by atoms with Crippen molar-refractivity contribution in [3.63, 3.8) is 0 Å². The Labute approximate surface area is 151 Å². The van der Waals surface area contributed by atoms with Crippen molar-refractivity contribution in [2.45, 2.75) is 136 Å². The van der Waals surface area contributed by atoms with Gasteiger partial charge >= 0.3 is 0 Å². The van der Waals surface area contributed by atoms with E-state index in [-0.39, 0.29) is 0 Å². The highest BCUT2D eigenvalue weighted by Gasteiger charge is 2.49. The van der Waals surface area contributed by atoms with E-state index in [4.69, 9.17) is 0 Å². The Balaban J connectivity index is 5.38. The van der Waals surface area contributed by atoms with E-state index in [1.807, 2.05) is 0 Å². The molecular weight excluding hydrogens is 308 g/mol. The molecule has 0 saturated heterocycles. The second-order valence-electron chi connectivity index (χ2n) is 7.99. The second-order valence-corrected chi connectivity index (χ2v) is 23.1. The lowest BCUT2D eigenvalue weighted by molar-refractivity contribution is 0.720. The van der Waals surface area contributed by atoms with Crippen LogP contribution in [0.1, 0.15) is 99.3 Å². The first-order valence-corrected chi connectivity index (χ1v) is 17.4. The SMILES string of the molecule is CCCCC[Si](CCCCC)(CCCCC)[Si](CC)(CC)CC. The molecule has 0 aliphatic rings. The van der Waals surface area contributed by atoms with Gasteiger partial charge in [-0.25, -0.2) is 0 Å². The van der Waals surface area contributed by atoms with Crippen molar-refractivity contribution < 1.29 is 0 Å². The van der Waals surface area contributed by atoms with Crippen LogP contribution in [-0.2, 0) is 0 Å². The minimum atomic E-state index is -1.05. The van der Waals surface area contributed by atoms with Gasteiger partial charge in [-0.1, -0.05) is 136 Å². The van der Waals surface area contributed by atoms with Gasteiger partial charge in [0.25, 0.3) is 0 Å². The minimum absolute atomic E-state index is 1.01. The molecule has 0 saturated carbocycles. The molecule has 0 atom stereocenters. The van der Waals surface area contributed by atoms with Crippen molar-refractivity contribution in [3.05, 3.63) is 0 Å².